The van der Waals surface area contributed by atoms with E-state index in [1.807, 2.05) is 0 Å². The van der Waals surface area contributed by atoms with Crippen LogP contribution in [0, 0.1) is 0 Å². The van der Waals surface area contributed by atoms with Gasteiger partial charge in [0.25, 0.3) is 11.9 Å². The predicted molar refractivity (Wildman–Crippen MR) is 53.0 cm³/mol. The number of hydrogen-bond donors (Lipinski definition) is 4. The van der Waals surface area contributed by atoms with Gasteiger partial charge in [-0.25, -0.2) is 19.4 Å². The minimum atomic E-state index is -1.10. The van der Waals surface area contributed by atoms with Gasteiger partial charge in [0.05, 0.1) is 0 Å². The molecule has 0 fully saturated rings. The van der Waals surface area contributed by atoms with E-state index in [1.54, 1.807) is 0 Å². The van der Waals surface area contributed by atoms with E-state index in [0.717, 1.165) is 13.8 Å². The Kier molecular flexibility index (Phi) is 17.4. The maximum absolute atomic E-state index is 10.0. The molecule has 0 saturated heterocycles. The number of carboxylic acid groups (broad SMARTS) is 2. The standard InChI is InChI=1S/C4H6O6.2C2H4O2/c5-1-3(7)9-10-4(8)2-6;2*1-2(3)4/h5-6H,1-2H2;2*1H3,(H,3,4). The molecule has 10 heteroatoms. The lowest BCUT2D eigenvalue weighted by atomic mass is 10.7. The lowest BCUT2D eigenvalue weighted by molar-refractivity contribution is -0.262. The molecule has 0 bridgehead atoms. The van der Waals surface area contributed by atoms with Gasteiger partial charge in [0.2, 0.25) is 0 Å². The first-order valence-electron chi connectivity index (χ1n) is 4.18. The van der Waals surface area contributed by atoms with Crippen molar-refractivity contribution in [2.75, 3.05) is 13.2 Å². The van der Waals surface area contributed by atoms with Crippen LogP contribution in [0.4, 0.5) is 0 Å². The summed E-state index contributed by atoms with van der Waals surface area (Å²) in [5.41, 5.74) is 0. The van der Waals surface area contributed by atoms with Gasteiger partial charge in [0, 0.05) is 13.8 Å². The average Bonchev–Trinajstić information content (AvgIpc) is 2.23. The maximum atomic E-state index is 10.0. The summed E-state index contributed by atoms with van der Waals surface area (Å²) in [6.45, 7) is 0.414. The molecule has 0 aromatic carbocycles. The molecule has 0 amide bonds. The van der Waals surface area contributed by atoms with E-state index in [9.17, 15) is 9.59 Å². The smallest absolute Gasteiger partial charge is 0.380 e. The van der Waals surface area contributed by atoms with Crippen molar-refractivity contribution in [3.8, 4) is 0 Å². The molecule has 0 atom stereocenters. The van der Waals surface area contributed by atoms with Gasteiger partial charge in [-0.3, -0.25) is 9.59 Å². The normalized spacial score (nSPS) is 7.56. The van der Waals surface area contributed by atoms with Crippen molar-refractivity contribution >= 4 is 23.9 Å². The van der Waals surface area contributed by atoms with Crippen molar-refractivity contribution in [3.63, 3.8) is 0 Å². The second-order valence-corrected chi connectivity index (χ2v) is 2.26. The second-order valence-electron chi connectivity index (χ2n) is 2.26. The predicted octanol–water partition coefficient (Wildman–Crippen LogP) is -1.85. The first-order valence-corrected chi connectivity index (χ1v) is 4.18. The lowest BCUT2D eigenvalue weighted by Crippen LogP contribution is -2.15. The summed E-state index contributed by atoms with van der Waals surface area (Å²) < 4.78 is 0. The third kappa shape index (κ3) is 48.9. The molecule has 0 radical (unpaired) electrons. The van der Waals surface area contributed by atoms with Gasteiger partial charge in [-0.1, -0.05) is 0 Å². The Balaban J connectivity index is -0.000000233. The van der Waals surface area contributed by atoms with Crippen LogP contribution in [0.2, 0.25) is 0 Å². The Morgan fingerprint density at radius 2 is 0.944 bits per heavy atom. The highest BCUT2D eigenvalue weighted by Crippen LogP contribution is 1.80. The van der Waals surface area contributed by atoms with Crippen molar-refractivity contribution in [1.29, 1.82) is 0 Å². The molecular weight excluding hydrogens is 256 g/mol. The molecule has 106 valence electrons. The Morgan fingerprint density at radius 1 is 0.778 bits per heavy atom. The summed E-state index contributed by atoms with van der Waals surface area (Å²) in [5, 5.41) is 30.8. The molecule has 0 heterocycles. The van der Waals surface area contributed by atoms with Crippen LogP contribution in [-0.4, -0.2) is 57.5 Å². The van der Waals surface area contributed by atoms with Crippen molar-refractivity contribution in [3.05, 3.63) is 0 Å². The first kappa shape index (κ1) is 21.1. The molecule has 0 unspecified atom stereocenters. The highest BCUT2D eigenvalue weighted by molar-refractivity contribution is 5.73. The van der Waals surface area contributed by atoms with Gasteiger partial charge in [-0.15, -0.1) is 0 Å². The van der Waals surface area contributed by atoms with Gasteiger partial charge in [-0.05, 0) is 0 Å². The SMILES string of the molecule is CC(=O)O.CC(=O)O.O=C(CO)OOC(=O)CO. The van der Waals surface area contributed by atoms with Crippen LogP contribution in [0.5, 0.6) is 0 Å². The molecular formula is C8H14O10. The van der Waals surface area contributed by atoms with E-state index < -0.39 is 37.1 Å². The third-order valence-corrected chi connectivity index (χ3v) is 0.486. The zero-order valence-electron chi connectivity index (χ0n) is 9.65. The van der Waals surface area contributed by atoms with Crippen LogP contribution in [0.25, 0.3) is 0 Å². The summed E-state index contributed by atoms with van der Waals surface area (Å²) in [6.07, 6.45) is 0. The zero-order valence-corrected chi connectivity index (χ0v) is 9.65. The van der Waals surface area contributed by atoms with Crippen LogP contribution >= 0.6 is 0 Å². The van der Waals surface area contributed by atoms with Crippen molar-refractivity contribution in [1.82, 2.24) is 0 Å². The van der Waals surface area contributed by atoms with Crippen LogP contribution < -0.4 is 0 Å². The van der Waals surface area contributed by atoms with Gasteiger partial charge in [-0.2, -0.15) is 0 Å². The molecule has 0 spiro atoms. The molecule has 0 aromatic heterocycles. The Labute approximate surface area is 101 Å². The topological polar surface area (TPSA) is 168 Å². The van der Waals surface area contributed by atoms with Gasteiger partial charge in [0.1, 0.15) is 13.2 Å². The molecule has 18 heavy (non-hydrogen) atoms. The van der Waals surface area contributed by atoms with E-state index in [-0.39, 0.29) is 0 Å². The molecule has 10 nitrogen and oxygen atoms in total. The largest absolute Gasteiger partial charge is 0.481 e. The van der Waals surface area contributed by atoms with Crippen LogP contribution in [-0.2, 0) is 29.0 Å². The second kappa shape index (κ2) is 14.8. The molecule has 4 N–H and O–H groups in total. The third-order valence-electron chi connectivity index (χ3n) is 0.486. The van der Waals surface area contributed by atoms with Gasteiger partial charge >= 0.3 is 11.9 Å². The number of aliphatic hydroxyl groups is 2. The quantitative estimate of drug-likeness (QED) is 0.330. The van der Waals surface area contributed by atoms with Crippen molar-refractivity contribution in [2.45, 2.75) is 13.8 Å². The van der Waals surface area contributed by atoms with Crippen LogP contribution in [0.15, 0.2) is 0 Å². The van der Waals surface area contributed by atoms with E-state index in [0.29, 0.717) is 0 Å². The average molecular weight is 270 g/mol. The van der Waals surface area contributed by atoms with Crippen LogP contribution in [0.3, 0.4) is 0 Å². The Morgan fingerprint density at radius 3 is 1.06 bits per heavy atom. The number of aliphatic hydroxyl groups excluding tert-OH is 2. The molecule has 0 aliphatic rings. The van der Waals surface area contributed by atoms with E-state index in [4.69, 9.17) is 30.0 Å². The minimum absolute atomic E-state index is 0.833. The molecule has 0 aliphatic carbocycles. The number of aliphatic carboxylic acids is 2. The monoisotopic (exact) mass is 270 g/mol. The van der Waals surface area contributed by atoms with Crippen molar-refractivity contribution < 1.29 is 49.4 Å². The molecule has 0 aromatic rings. The molecule has 0 aliphatic heterocycles. The minimum Gasteiger partial charge on any atom is -0.481 e. The highest BCUT2D eigenvalue weighted by atomic mass is 17.2. The van der Waals surface area contributed by atoms with Crippen molar-refractivity contribution in [2.24, 2.45) is 0 Å². The summed E-state index contributed by atoms with van der Waals surface area (Å²) in [7, 11) is 0. The van der Waals surface area contributed by atoms with E-state index in [2.05, 4.69) is 9.78 Å². The number of hydrogen-bond acceptors (Lipinski definition) is 8. The Bertz CT molecular complexity index is 235. The number of carbonyl (C=O) groups is 4. The summed E-state index contributed by atoms with van der Waals surface area (Å²) in [5.74, 6) is -3.86. The maximum Gasteiger partial charge on any atom is 0.380 e. The number of rotatable bonds is 2. The zero-order chi connectivity index (χ0) is 15.1. The summed E-state index contributed by atoms with van der Waals surface area (Å²) in [4.78, 5) is 45.3. The molecule has 0 saturated carbocycles. The number of carbonyl (C=O) groups excluding carboxylic acids is 2. The fourth-order valence-corrected chi connectivity index (χ4v) is 0.146. The number of carboxylic acids is 2. The van der Waals surface area contributed by atoms with Gasteiger partial charge in [0.15, 0.2) is 0 Å². The lowest BCUT2D eigenvalue weighted by Gasteiger charge is -1.97. The Hall–Kier alpha value is -2.20. The van der Waals surface area contributed by atoms with Gasteiger partial charge < -0.3 is 20.4 Å². The first-order chi connectivity index (χ1) is 8.17. The molecule has 0 rings (SSSR count). The highest BCUT2D eigenvalue weighted by Gasteiger charge is 2.05. The van der Waals surface area contributed by atoms with E-state index in [1.165, 1.54) is 0 Å². The van der Waals surface area contributed by atoms with E-state index >= 15 is 0 Å². The fraction of sp³-hybridized carbons (Fsp3) is 0.500. The summed E-state index contributed by atoms with van der Waals surface area (Å²) in [6, 6.07) is 0. The van der Waals surface area contributed by atoms with Crippen LogP contribution in [0.1, 0.15) is 13.8 Å². The fourth-order valence-electron chi connectivity index (χ4n) is 0.146. The summed E-state index contributed by atoms with van der Waals surface area (Å²) >= 11 is 0.